The topological polar surface area (TPSA) is 55.8 Å². The molecule has 2 aromatic carbocycles. The van der Waals surface area contributed by atoms with Crippen LogP contribution >= 0.6 is 0 Å². The van der Waals surface area contributed by atoms with Crippen molar-refractivity contribution in [1.29, 1.82) is 0 Å². The standard InChI is InChI=1S/C20H21NO4/c1-14(15-8-4-3-5-9-15)21-13-16(12-19(21)22)20(23)25-18-11-7-6-10-17(18)24-2/h3-11,14,16H,12-13H2,1-2H3/t14-,16+/m0/s1. The Morgan fingerprint density at radius 2 is 1.72 bits per heavy atom. The molecule has 0 unspecified atom stereocenters. The molecule has 0 aliphatic carbocycles. The second-order valence-electron chi connectivity index (χ2n) is 6.11. The molecule has 1 fully saturated rings. The first-order valence-corrected chi connectivity index (χ1v) is 8.29. The zero-order valence-electron chi connectivity index (χ0n) is 14.3. The highest BCUT2D eigenvalue weighted by atomic mass is 16.6. The van der Waals surface area contributed by atoms with Gasteiger partial charge in [-0.2, -0.15) is 0 Å². The molecule has 25 heavy (non-hydrogen) atoms. The van der Waals surface area contributed by atoms with E-state index in [1.807, 2.05) is 37.3 Å². The van der Waals surface area contributed by atoms with E-state index < -0.39 is 11.9 Å². The van der Waals surface area contributed by atoms with Crippen molar-refractivity contribution >= 4 is 11.9 Å². The van der Waals surface area contributed by atoms with Crippen molar-refractivity contribution in [3.05, 3.63) is 60.2 Å². The summed E-state index contributed by atoms with van der Waals surface area (Å²) in [6.45, 7) is 2.34. The summed E-state index contributed by atoms with van der Waals surface area (Å²) in [4.78, 5) is 26.6. The lowest BCUT2D eigenvalue weighted by Gasteiger charge is -2.25. The van der Waals surface area contributed by atoms with Gasteiger partial charge in [0.15, 0.2) is 11.5 Å². The average Bonchev–Trinajstić information content (AvgIpc) is 3.04. The van der Waals surface area contributed by atoms with Gasteiger partial charge in [-0.3, -0.25) is 9.59 Å². The van der Waals surface area contributed by atoms with Crippen molar-refractivity contribution in [1.82, 2.24) is 4.90 Å². The number of esters is 1. The van der Waals surface area contributed by atoms with Crippen LogP contribution in [0.25, 0.3) is 0 Å². The van der Waals surface area contributed by atoms with Crippen molar-refractivity contribution in [2.45, 2.75) is 19.4 Å². The maximum atomic E-state index is 12.5. The number of hydrogen-bond acceptors (Lipinski definition) is 4. The molecule has 130 valence electrons. The molecule has 3 rings (SSSR count). The molecule has 1 amide bonds. The van der Waals surface area contributed by atoms with Gasteiger partial charge in [-0.1, -0.05) is 42.5 Å². The zero-order chi connectivity index (χ0) is 17.8. The van der Waals surface area contributed by atoms with Crippen molar-refractivity contribution < 1.29 is 19.1 Å². The second-order valence-corrected chi connectivity index (χ2v) is 6.11. The van der Waals surface area contributed by atoms with Crippen LogP contribution in [-0.2, 0) is 9.59 Å². The number of amides is 1. The van der Waals surface area contributed by atoms with Gasteiger partial charge in [-0.25, -0.2) is 0 Å². The second kappa shape index (κ2) is 7.38. The SMILES string of the molecule is COc1ccccc1OC(=O)[C@@H]1CC(=O)N([C@@H](C)c2ccccc2)C1. The summed E-state index contributed by atoms with van der Waals surface area (Å²) in [5.74, 6) is -0.0331. The Morgan fingerprint density at radius 3 is 2.40 bits per heavy atom. The Kier molecular flexibility index (Phi) is 5.03. The molecule has 5 nitrogen and oxygen atoms in total. The maximum Gasteiger partial charge on any atom is 0.316 e. The Balaban J connectivity index is 1.68. The summed E-state index contributed by atoms with van der Waals surface area (Å²) >= 11 is 0. The van der Waals surface area contributed by atoms with E-state index in [2.05, 4.69) is 0 Å². The summed E-state index contributed by atoms with van der Waals surface area (Å²) in [6, 6.07) is 16.7. The van der Waals surface area contributed by atoms with Crippen molar-refractivity contribution in [3.63, 3.8) is 0 Å². The van der Waals surface area contributed by atoms with E-state index in [0.717, 1.165) is 5.56 Å². The van der Waals surface area contributed by atoms with Gasteiger partial charge < -0.3 is 14.4 Å². The molecule has 0 spiro atoms. The molecule has 0 radical (unpaired) electrons. The van der Waals surface area contributed by atoms with E-state index in [1.54, 1.807) is 29.2 Å². The van der Waals surface area contributed by atoms with Crippen LogP contribution in [0.4, 0.5) is 0 Å². The average molecular weight is 339 g/mol. The number of nitrogens with zero attached hydrogens (tertiary/aromatic N) is 1. The summed E-state index contributed by atoms with van der Waals surface area (Å²) in [6.07, 6.45) is 0.172. The molecule has 5 heteroatoms. The lowest BCUT2D eigenvalue weighted by molar-refractivity contribution is -0.139. The molecule has 0 N–H and O–H groups in total. The summed E-state index contributed by atoms with van der Waals surface area (Å²) in [7, 11) is 1.52. The van der Waals surface area contributed by atoms with Crippen LogP contribution in [0.1, 0.15) is 24.9 Å². The minimum absolute atomic E-state index is 0.0293. The quantitative estimate of drug-likeness (QED) is 0.620. The third kappa shape index (κ3) is 3.65. The van der Waals surface area contributed by atoms with Crippen LogP contribution in [-0.4, -0.2) is 30.4 Å². The molecule has 1 aliphatic heterocycles. The number of carbonyl (C=O) groups excluding carboxylic acids is 2. The van der Waals surface area contributed by atoms with Gasteiger partial charge in [0.05, 0.1) is 19.1 Å². The first-order chi connectivity index (χ1) is 12.1. The number of benzene rings is 2. The molecule has 2 aromatic rings. The van der Waals surface area contributed by atoms with Gasteiger partial charge in [0.2, 0.25) is 5.91 Å². The fourth-order valence-electron chi connectivity index (χ4n) is 3.07. The van der Waals surface area contributed by atoms with Gasteiger partial charge in [0, 0.05) is 13.0 Å². The number of ether oxygens (including phenoxy) is 2. The lowest BCUT2D eigenvalue weighted by atomic mass is 10.1. The molecule has 2 atom stereocenters. The minimum Gasteiger partial charge on any atom is -0.493 e. The van der Waals surface area contributed by atoms with Gasteiger partial charge in [-0.05, 0) is 24.6 Å². The van der Waals surface area contributed by atoms with Crippen LogP contribution in [0.5, 0.6) is 11.5 Å². The number of methoxy groups -OCH3 is 1. The van der Waals surface area contributed by atoms with Gasteiger partial charge in [-0.15, -0.1) is 0 Å². The third-order valence-electron chi connectivity index (χ3n) is 4.52. The number of likely N-dealkylation sites (tertiary alicyclic amines) is 1. The molecule has 1 saturated heterocycles. The van der Waals surface area contributed by atoms with Crippen LogP contribution in [0.15, 0.2) is 54.6 Å². The number of carbonyl (C=O) groups is 2. The first kappa shape index (κ1) is 17.0. The number of para-hydroxylation sites is 2. The maximum absolute atomic E-state index is 12.5. The Bertz CT molecular complexity index is 759. The molecule has 0 saturated carbocycles. The fraction of sp³-hybridized carbons (Fsp3) is 0.300. The van der Waals surface area contributed by atoms with E-state index in [9.17, 15) is 9.59 Å². The fourth-order valence-corrected chi connectivity index (χ4v) is 3.07. The molecule has 0 bridgehead atoms. The van der Waals surface area contributed by atoms with E-state index in [-0.39, 0.29) is 18.4 Å². The van der Waals surface area contributed by atoms with Gasteiger partial charge in [0.1, 0.15) is 0 Å². The van der Waals surface area contributed by atoms with Crippen LogP contribution < -0.4 is 9.47 Å². The van der Waals surface area contributed by atoms with Crippen molar-refractivity contribution in [2.24, 2.45) is 5.92 Å². The third-order valence-corrected chi connectivity index (χ3v) is 4.52. The van der Waals surface area contributed by atoms with E-state index in [4.69, 9.17) is 9.47 Å². The molecular weight excluding hydrogens is 318 g/mol. The van der Waals surface area contributed by atoms with E-state index in [0.29, 0.717) is 18.0 Å². The number of hydrogen-bond donors (Lipinski definition) is 0. The minimum atomic E-state index is -0.469. The first-order valence-electron chi connectivity index (χ1n) is 8.29. The molecular formula is C20H21NO4. The highest BCUT2D eigenvalue weighted by molar-refractivity contribution is 5.88. The molecule has 1 heterocycles. The van der Waals surface area contributed by atoms with E-state index in [1.165, 1.54) is 7.11 Å². The highest BCUT2D eigenvalue weighted by Crippen LogP contribution is 2.31. The molecule has 0 aromatic heterocycles. The van der Waals surface area contributed by atoms with Crippen molar-refractivity contribution in [2.75, 3.05) is 13.7 Å². The van der Waals surface area contributed by atoms with E-state index >= 15 is 0 Å². The monoisotopic (exact) mass is 339 g/mol. The van der Waals surface area contributed by atoms with Crippen LogP contribution in [0.3, 0.4) is 0 Å². The van der Waals surface area contributed by atoms with Crippen molar-refractivity contribution in [3.8, 4) is 11.5 Å². The molecule has 1 aliphatic rings. The predicted octanol–water partition coefficient (Wildman–Crippen LogP) is 3.21. The Hall–Kier alpha value is -2.82. The highest BCUT2D eigenvalue weighted by Gasteiger charge is 2.38. The van der Waals surface area contributed by atoms with Gasteiger partial charge >= 0.3 is 5.97 Å². The largest absolute Gasteiger partial charge is 0.493 e. The normalized spacial score (nSPS) is 18.1. The number of rotatable bonds is 5. The van der Waals surface area contributed by atoms with Gasteiger partial charge in [0.25, 0.3) is 0 Å². The zero-order valence-corrected chi connectivity index (χ0v) is 14.3. The summed E-state index contributed by atoms with van der Waals surface area (Å²) in [5.41, 5.74) is 1.05. The summed E-state index contributed by atoms with van der Waals surface area (Å²) in [5, 5.41) is 0. The smallest absolute Gasteiger partial charge is 0.316 e. The van der Waals surface area contributed by atoms with Crippen LogP contribution in [0.2, 0.25) is 0 Å². The predicted molar refractivity (Wildman–Crippen MR) is 93.3 cm³/mol. The van der Waals surface area contributed by atoms with Crippen LogP contribution in [0, 0.1) is 5.92 Å². The Labute approximate surface area is 147 Å². The summed E-state index contributed by atoms with van der Waals surface area (Å²) < 4.78 is 10.7. The lowest BCUT2D eigenvalue weighted by Crippen LogP contribution is -2.30. The Morgan fingerprint density at radius 1 is 1.08 bits per heavy atom.